The van der Waals surface area contributed by atoms with Crippen molar-refractivity contribution in [2.24, 2.45) is 0 Å². The van der Waals surface area contributed by atoms with Crippen molar-refractivity contribution < 1.29 is 28.1 Å². The molecule has 0 bridgehead atoms. The van der Waals surface area contributed by atoms with Crippen LogP contribution in [0, 0.1) is 5.82 Å². The quantitative estimate of drug-likeness (QED) is 0.259. The number of benzene rings is 3. The maximum absolute atomic E-state index is 14.6. The predicted octanol–water partition coefficient (Wildman–Crippen LogP) is 5.87. The van der Waals surface area contributed by atoms with Gasteiger partial charge in [-0.3, -0.25) is 9.69 Å². The third-order valence-corrected chi connectivity index (χ3v) is 6.69. The minimum Gasteiger partial charge on any atom is -0.497 e. The van der Waals surface area contributed by atoms with Crippen LogP contribution in [0.15, 0.2) is 66.0 Å². The van der Waals surface area contributed by atoms with Crippen LogP contribution in [-0.4, -0.2) is 45.9 Å². The topological polar surface area (TPSA) is 70.1 Å². The van der Waals surface area contributed by atoms with Gasteiger partial charge < -0.3 is 18.9 Å². The molecule has 0 atom stereocenters. The lowest BCUT2D eigenvalue weighted by Gasteiger charge is -2.21. The Morgan fingerprint density at radius 2 is 1.62 bits per heavy atom. The minimum absolute atomic E-state index is 0.0227. The first-order chi connectivity index (χ1) is 18.0. The summed E-state index contributed by atoms with van der Waals surface area (Å²) in [6.07, 6.45) is 0.484. The Morgan fingerprint density at radius 1 is 0.892 bits per heavy atom. The molecule has 0 saturated heterocycles. The lowest BCUT2D eigenvalue weighted by atomic mass is 10.1. The van der Waals surface area contributed by atoms with E-state index in [2.05, 4.69) is 0 Å². The number of methoxy groups -OCH3 is 4. The summed E-state index contributed by atoms with van der Waals surface area (Å²) in [5.41, 5.74) is 2.25. The van der Waals surface area contributed by atoms with Gasteiger partial charge in [-0.15, -0.1) is 11.3 Å². The summed E-state index contributed by atoms with van der Waals surface area (Å²) in [6, 6.07) is 16.9. The van der Waals surface area contributed by atoms with Gasteiger partial charge in [0.2, 0.25) is 0 Å². The highest BCUT2D eigenvalue weighted by Gasteiger charge is 2.24. The lowest BCUT2D eigenvalue weighted by Crippen LogP contribution is -2.33. The van der Waals surface area contributed by atoms with E-state index in [0.717, 1.165) is 11.1 Å². The molecule has 1 amide bonds. The summed E-state index contributed by atoms with van der Waals surface area (Å²) < 4.78 is 36.2. The first kappa shape index (κ1) is 26.0. The van der Waals surface area contributed by atoms with Crippen molar-refractivity contribution in [1.29, 1.82) is 0 Å². The Bertz CT molecular complexity index is 1390. The molecule has 0 unspecified atom stereocenters. The van der Waals surface area contributed by atoms with Crippen molar-refractivity contribution in [1.82, 2.24) is 4.98 Å². The standard InChI is InChI=1S/C28H27FN2O5S/c1-33-19-10-12-24(34-2)21(16-19)23-17-37-28(30-23)31(27(32)20-7-5-6-8-22(20)29)14-13-18-9-11-25(35-3)26(15-18)36-4/h5-12,15-17H,13-14H2,1-4H3. The molecule has 0 spiro atoms. The monoisotopic (exact) mass is 522 g/mol. The van der Waals surface area contributed by atoms with E-state index in [1.807, 2.05) is 29.6 Å². The molecule has 0 radical (unpaired) electrons. The zero-order valence-corrected chi connectivity index (χ0v) is 21.8. The highest BCUT2D eigenvalue weighted by Crippen LogP contribution is 2.36. The molecule has 7 nitrogen and oxygen atoms in total. The van der Waals surface area contributed by atoms with E-state index in [9.17, 15) is 9.18 Å². The molecular formula is C28H27FN2O5S. The molecule has 0 N–H and O–H groups in total. The van der Waals surface area contributed by atoms with Crippen LogP contribution in [0.2, 0.25) is 0 Å². The Morgan fingerprint density at radius 3 is 2.32 bits per heavy atom. The molecule has 0 saturated carbocycles. The molecule has 3 aromatic carbocycles. The average Bonchev–Trinajstić information content (AvgIpc) is 3.42. The Hall–Kier alpha value is -4.11. The Balaban J connectivity index is 1.69. The maximum atomic E-state index is 14.6. The summed E-state index contributed by atoms with van der Waals surface area (Å²) >= 11 is 1.29. The number of thiazole rings is 1. The molecule has 0 aliphatic carbocycles. The molecule has 0 aliphatic rings. The zero-order valence-electron chi connectivity index (χ0n) is 21.0. The van der Waals surface area contributed by atoms with Gasteiger partial charge in [-0.1, -0.05) is 18.2 Å². The van der Waals surface area contributed by atoms with Crippen molar-refractivity contribution in [2.75, 3.05) is 39.9 Å². The second kappa shape index (κ2) is 11.7. The molecule has 1 heterocycles. The van der Waals surface area contributed by atoms with Crippen molar-refractivity contribution >= 4 is 22.4 Å². The molecule has 4 aromatic rings. The van der Waals surface area contributed by atoms with E-state index in [1.165, 1.54) is 28.4 Å². The molecule has 0 fully saturated rings. The highest BCUT2D eigenvalue weighted by atomic mass is 32.1. The van der Waals surface area contributed by atoms with Gasteiger partial charge in [0.15, 0.2) is 16.6 Å². The lowest BCUT2D eigenvalue weighted by molar-refractivity contribution is 0.0983. The van der Waals surface area contributed by atoms with E-state index in [1.54, 1.807) is 52.7 Å². The first-order valence-corrected chi connectivity index (χ1v) is 12.3. The fourth-order valence-corrected chi connectivity index (χ4v) is 4.72. The van der Waals surface area contributed by atoms with Crippen LogP contribution in [0.25, 0.3) is 11.3 Å². The second-order valence-corrected chi connectivity index (χ2v) is 8.79. The number of halogens is 1. The summed E-state index contributed by atoms with van der Waals surface area (Å²) in [6.45, 7) is 0.269. The number of hydrogen-bond acceptors (Lipinski definition) is 7. The molecule has 0 aliphatic heterocycles. The summed E-state index contributed by atoms with van der Waals surface area (Å²) in [5, 5.41) is 2.28. The largest absolute Gasteiger partial charge is 0.497 e. The smallest absolute Gasteiger partial charge is 0.263 e. The van der Waals surface area contributed by atoms with Crippen molar-refractivity contribution in [2.45, 2.75) is 6.42 Å². The van der Waals surface area contributed by atoms with Gasteiger partial charge in [0.25, 0.3) is 5.91 Å². The van der Waals surface area contributed by atoms with Crippen molar-refractivity contribution in [3.8, 4) is 34.3 Å². The number of rotatable bonds is 10. The summed E-state index contributed by atoms with van der Waals surface area (Å²) in [4.78, 5) is 19.8. The number of aromatic nitrogens is 1. The van der Waals surface area contributed by atoms with E-state index in [-0.39, 0.29) is 12.1 Å². The summed E-state index contributed by atoms with van der Waals surface area (Å²) in [7, 11) is 6.31. The van der Waals surface area contributed by atoms with Gasteiger partial charge >= 0.3 is 0 Å². The average molecular weight is 523 g/mol. The second-order valence-electron chi connectivity index (χ2n) is 7.96. The first-order valence-electron chi connectivity index (χ1n) is 11.4. The van der Waals surface area contributed by atoms with Gasteiger partial charge in [0.05, 0.1) is 39.7 Å². The van der Waals surface area contributed by atoms with Crippen LogP contribution < -0.4 is 23.8 Å². The third-order valence-electron chi connectivity index (χ3n) is 5.83. The van der Waals surface area contributed by atoms with E-state index in [0.29, 0.717) is 40.2 Å². The fraction of sp³-hybridized carbons (Fsp3) is 0.214. The SMILES string of the molecule is COc1ccc(OC)c(-c2csc(N(CCc3ccc(OC)c(OC)c3)C(=O)c3ccccc3F)n2)c1. The number of anilines is 1. The number of amides is 1. The summed E-state index contributed by atoms with van der Waals surface area (Å²) in [5.74, 6) is 1.41. The normalized spacial score (nSPS) is 10.6. The Labute approximate surface area is 219 Å². The fourth-order valence-electron chi connectivity index (χ4n) is 3.87. The van der Waals surface area contributed by atoms with Crippen molar-refractivity contribution in [3.63, 3.8) is 0 Å². The molecule has 1 aromatic heterocycles. The molecule has 192 valence electrons. The molecular weight excluding hydrogens is 495 g/mol. The number of carbonyl (C=O) groups is 1. The third kappa shape index (κ3) is 5.67. The number of nitrogens with zero attached hydrogens (tertiary/aromatic N) is 2. The number of ether oxygens (including phenoxy) is 4. The van der Waals surface area contributed by atoms with Crippen LogP contribution in [0.4, 0.5) is 9.52 Å². The van der Waals surface area contributed by atoms with Crippen molar-refractivity contribution in [3.05, 3.63) is 83.0 Å². The maximum Gasteiger partial charge on any atom is 0.263 e. The van der Waals surface area contributed by atoms with Gasteiger partial charge in [-0.25, -0.2) is 9.37 Å². The van der Waals surface area contributed by atoms with E-state index >= 15 is 0 Å². The van der Waals surface area contributed by atoms with Gasteiger partial charge in [-0.05, 0) is 54.4 Å². The van der Waals surface area contributed by atoms with Crippen LogP contribution in [0.3, 0.4) is 0 Å². The predicted molar refractivity (Wildman–Crippen MR) is 142 cm³/mol. The zero-order chi connectivity index (χ0) is 26.4. The number of hydrogen-bond donors (Lipinski definition) is 0. The molecule has 9 heteroatoms. The van der Waals surface area contributed by atoms with Crippen LogP contribution >= 0.6 is 11.3 Å². The number of carbonyl (C=O) groups excluding carboxylic acids is 1. The van der Waals surface area contributed by atoms with Gasteiger partial charge in [0.1, 0.15) is 17.3 Å². The minimum atomic E-state index is -0.588. The van der Waals surface area contributed by atoms with E-state index < -0.39 is 11.7 Å². The van der Waals surface area contributed by atoms with Gasteiger partial charge in [0, 0.05) is 17.5 Å². The van der Waals surface area contributed by atoms with Crippen LogP contribution in [0.5, 0.6) is 23.0 Å². The molecule has 4 rings (SSSR count). The van der Waals surface area contributed by atoms with Crippen LogP contribution in [0.1, 0.15) is 15.9 Å². The van der Waals surface area contributed by atoms with Crippen LogP contribution in [-0.2, 0) is 6.42 Å². The van der Waals surface area contributed by atoms with E-state index in [4.69, 9.17) is 23.9 Å². The molecule has 37 heavy (non-hydrogen) atoms. The Kier molecular flexibility index (Phi) is 8.25. The van der Waals surface area contributed by atoms with Gasteiger partial charge in [-0.2, -0.15) is 0 Å². The highest BCUT2D eigenvalue weighted by molar-refractivity contribution is 7.14.